The van der Waals surface area contributed by atoms with E-state index in [0.717, 1.165) is 11.2 Å². The first-order chi connectivity index (χ1) is 9.87. The van der Waals surface area contributed by atoms with Crippen molar-refractivity contribution >= 4 is 21.9 Å². The number of furan rings is 1. The smallest absolute Gasteiger partial charge is 0.135 e. The average molecular weight is 258 g/mol. The Morgan fingerprint density at radius 3 is 2.80 bits per heavy atom. The fourth-order valence-corrected chi connectivity index (χ4v) is 3.61. The third kappa shape index (κ3) is 1.23. The van der Waals surface area contributed by atoms with Crippen LogP contribution in [-0.2, 0) is 5.41 Å². The molecule has 1 saturated carbocycles. The normalized spacial score (nSPS) is 27.1. The summed E-state index contributed by atoms with van der Waals surface area (Å²) in [7, 11) is 0. The highest BCUT2D eigenvalue weighted by Gasteiger charge is 2.52. The van der Waals surface area contributed by atoms with Gasteiger partial charge in [-0.25, -0.2) is 0 Å². The average Bonchev–Trinajstić information content (AvgIpc) is 3.14. The van der Waals surface area contributed by atoms with Crippen LogP contribution in [0.25, 0.3) is 21.9 Å². The van der Waals surface area contributed by atoms with Gasteiger partial charge in [-0.3, -0.25) is 0 Å². The number of hydrogen-bond donors (Lipinski definition) is 0. The number of para-hydroxylation sites is 1. The maximum Gasteiger partial charge on any atom is 0.135 e. The molecular weight excluding hydrogens is 244 g/mol. The van der Waals surface area contributed by atoms with Gasteiger partial charge in [0, 0.05) is 16.2 Å². The molecule has 5 rings (SSSR count). The van der Waals surface area contributed by atoms with Gasteiger partial charge in [0.1, 0.15) is 11.2 Å². The van der Waals surface area contributed by atoms with E-state index >= 15 is 0 Å². The number of benzene rings is 2. The molecule has 2 unspecified atom stereocenters. The van der Waals surface area contributed by atoms with Crippen LogP contribution in [0.15, 0.2) is 71.2 Å². The van der Waals surface area contributed by atoms with Gasteiger partial charge in [0.2, 0.25) is 0 Å². The van der Waals surface area contributed by atoms with Gasteiger partial charge in [-0.2, -0.15) is 0 Å². The van der Waals surface area contributed by atoms with Crippen molar-refractivity contribution in [2.24, 2.45) is 5.92 Å². The summed E-state index contributed by atoms with van der Waals surface area (Å²) in [6.07, 6.45) is 10.3. The van der Waals surface area contributed by atoms with Crippen LogP contribution < -0.4 is 0 Å². The van der Waals surface area contributed by atoms with Crippen LogP contribution in [0.3, 0.4) is 0 Å². The second-order valence-corrected chi connectivity index (χ2v) is 5.90. The van der Waals surface area contributed by atoms with Gasteiger partial charge >= 0.3 is 0 Å². The maximum atomic E-state index is 5.91. The molecule has 1 heterocycles. The summed E-state index contributed by atoms with van der Waals surface area (Å²) >= 11 is 0. The lowest BCUT2D eigenvalue weighted by Gasteiger charge is -2.14. The molecule has 2 aliphatic carbocycles. The number of fused-ring (bicyclic) bond motifs is 4. The first kappa shape index (κ1) is 10.5. The second kappa shape index (κ2) is 3.43. The molecule has 1 aromatic heterocycles. The fourth-order valence-electron chi connectivity index (χ4n) is 3.61. The standard InChI is InChI=1S/C19H14O/c1-2-7-17-15(6-1)16-11-13(8-9-18(16)20-17)19-10-4-3-5-14(19)12-19/h1-11,14H,12H2. The zero-order valence-corrected chi connectivity index (χ0v) is 11.0. The van der Waals surface area contributed by atoms with Gasteiger partial charge < -0.3 is 4.42 Å². The van der Waals surface area contributed by atoms with E-state index in [9.17, 15) is 0 Å². The van der Waals surface area contributed by atoms with Crippen LogP contribution in [0.4, 0.5) is 0 Å². The molecule has 3 aromatic rings. The molecule has 20 heavy (non-hydrogen) atoms. The van der Waals surface area contributed by atoms with E-state index in [-0.39, 0.29) is 5.41 Å². The quantitative estimate of drug-likeness (QED) is 0.600. The van der Waals surface area contributed by atoms with Crippen molar-refractivity contribution in [1.82, 2.24) is 0 Å². The Morgan fingerprint density at radius 2 is 1.85 bits per heavy atom. The zero-order chi connectivity index (χ0) is 13.2. The Bertz CT molecular complexity index is 896. The third-order valence-corrected chi connectivity index (χ3v) is 4.82. The van der Waals surface area contributed by atoms with Crippen molar-refractivity contribution in [2.75, 3.05) is 0 Å². The Kier molecular flexibility index (Phi) is 1.80. The molecule has 0 bridgehead atoms. The molecule has 0 radical (unpaired) electrons. The SMILES string of the molecule is C1=CC2CC2(c2ccc3oc4ccccc4c3c2)C=C1. The summed E-state index contributed by atoms with van der Waals surface area (Å²) in [4.78, 5) is 0. The zero-order valence-electron chi connectivity index (χ0n) is 11.0. The van der Waals surface area contributed by atoms with Gasteiger partial charge in [0.05, 0.1) is 0 Å². The van der Waals surface area contributed by atoms with Crippen molar-refractivity contribution in [3.8, 4) is 0 Å². The summed E-state index contributed by atoms with van der Waals surface area (Å²) in [5, 5.41) is 2.45. The van der Waals surface area contributed by atoms with Gasteiger partial charge in [-0.15, -0.1) is 0 Å². The lowest BCUT2D eigenvalue weighted by atomic mass is 9.89. The van der Waals surface area contributed by atoms with Gasteiger partial charge in [0.25, 0.3) is 0 Å². The first-order valence-corrected chi connectivity index (χ1v) is 7.15. The molecule has 1 nitrogen and oxygen atoms in total. The van der Waals surface area contributed by atoms with E-state index in [1.165, 1.54) is 22.8 Å². The van der Waals surface area contributed by atoms with Crippen molar-refractivity contribution < 1.29 is 4.42 Å². The Balaban J connectivity index is 1.77. The van der Waals surface area contributed by atoms with Crippen LogP contribution in [0, 0.1) is 5.92 Å². The summed E-state index contributed by atoms with van der Waals surface area (Å²) in [6.45, 7) is 0. The maximum absolute atomic E-state index is 5.91. The van der Waals surface area contributed by atoms with Crippen LogP contribution in [0.1, 0.15) is 12.0 Å². The summed E-state index contributed by atoms with van der Waals surface area (Å²) in [6, 6.07) is 15.0. The lowest BCUT2D eigenvalue weighted by Crippen LogP contribution is -2.06. The minimum absolute atomic E-state index is 0.251. The van der Waals surface area contributed by atoms with E-state index < -0.39 is 0 Å². The van der Waals surface area contributed by atoms with Crippen LogP contribution in [0.5, 0.6) is 0 Å². The van der Waals surface area contributed by atoms with E-state index in [2.05, 4.69) is 54.6 Å². The summed E-state index contributed by atoms with van der Waals surface area (Å²) < 4.78 is 5.91. The van der Waals surface area contributed by atoms with E-state index in [4.69, 9.17) is 4.42 Å². The molecular formula is C19H14O. The minimum atomic E-state index is 0.251. The highest BCUT2D eigenvalue weighted by atomic mass is 16.3. The van der Waals surface area contributed by atoms with Crippen LogP contribution in [0.2, 0.25) is 0 Å². The van der Waals surface area contributed by atoms with Crippen molar-refractivity contribution in [3.05, 3.63) is 72.3 Å². The second-order valence-electron chi connectivity index (χ2n) is 5.90. The largest absolute Gasteiger partial charge is 0.456 e. The topological polar surface area (TPSA) is 13.1 Å². The van der Waals surface area contributed by atoms with Crippen molar-refractivity contribution in [1.29, 1.82) is 0 Å². The molecule has 96 valence electrons. The van der Waals surface area contributed by atoms with E-state index in [0.29, 0.717) is 5.92 Å². The molecule has 0 spiro atoms. The molecule has 2 aliphatic rings. The van der Waals surface area contributed by atoms with Crippen LogP contribution in [-0.4, -0.2) is 0 Å². The first-order valence-electron chi connectivity index (χ1n) is 7.15. The number of allylic oxidation sites excluding steroid dienone is 4. The van der Waals surface area contributed by atoms with E-state index in [1.807, 2.05) is 12.1 Å². The van der Waals surface area contributed by atoms with Gasteiger partial charge in [-0.05, 0) is 36.1 Å². The molecule has 2 atom stereocenters. The minimum Gasteiger partial charge on any atom is -0.456 e. The number of rotatable bonds is 1. The molecule has 0 aliphatic heterocycles. The molecule has 0 amide bonds. The van der Waals surface area contributed by atoms with E-state index in [1.54, 1.807) is 0 Å². The predicted octanol–water partition coefficient (Wildman–Crippen LogP) is 4.97. The Hall–Kier alpha value is -2.28. The molecule has 0 N–H and O–H groups in total. The monoisotopic (exact) mass is 258 g/mol. The summed E-state index contributed by atoms with van der Waals surface area (Å²) in [5.74, 6) is 0.683. The molecule has 0 saturated heterocycles. The molecule has 1 fully saturated rings. The van der Waals surface area contributed by atoms with Crippen LogP contribution >= 0.6 is 0 Å². The predicted molar refractivity (Wildman–Crippen MR) is 81.8 cm³/mol. The molecule has 2 aromatic carbocycles. The fraction of sp³-hybridized carbons (Fsp3) is 0.158. The highest BCUT2D eigenvalue weighted by Crippen LogP contribution is 2.58. The Labute approximate surface area is 117 Å². The van der Waals surface area contributed by atoms with Gasteiger partial charge in [-0.1, -0.05) is 48.6 Å². The number of hydrogen-bond acceptors (Lipinski definition) is 1. The van der Waals surface area contributed by atoms with Gasteiger partial charge in [0.15, 0.2) is 0 Å². The highest BCUT2D eigenvalue weighted by molar-refractivity contribution is 6.05. The third-order valence-electron chi connectivity index (χ3n) is 4.82. The van der Waals surface area contributed by atoms with Crippen molar-refractivity contribution in [2.45, 2.75) is 11.8 Å². The summed E-state index contributed by atoms with van der Waals surface area (Å²) in [5.41, 5.74) is 3.63. The Morgan fingerprint density at radius 1 is 0.950 bits per heavy atom. The molecule has 1 heteroatoms. The van der Waals surface area contributed by atoms with Crippen molar-refractivity contribution in [3.63, 3.8) is 0 Å². The lowest BCUT2D eigenvalue weighted by molar-refractivity contribution is 0.668.